The van der Waals surface area contributed by atoms with E-state index in [1.807, 2.05) is 0 Å². The van der Waals surface area contributed by atoms with Gasteiger partial charge in [0.1, 0.15) is 0 Å². The van der Waals surface area contributed by atoms with E-state index in [1.165, 1.54) is 0 Å². The highest BCUT2D eigenvalue weighted by molar-refractivity contribution is 5.85. The molecule has 0 spiro atoms. The number of nitrogens with zero attached hydrogens (tertiary/aromatic N) is 1. The molecule has 2 atom stereocenters. The van der Waals surface area contributed by atoms with E-state index in [-0.39, 0.29) is 30.2 Å². The van der Waals surface area contributed by atoms with Crippen LogP contribution in [-0.4, -0.2) is 49.8 Å². The summed E-state index contributed by atoms with van der Waals surface area (Å²) in [5.41, 5.74) is 0.215. The average Bonchev–Trinajstić information content (AvgIpc) is 2.48. The van der Waals surface area contributed by atoms with Gasteiger partial charge in [-0.15, -0.1) is 24.8 Å². The normalized spacial score (nSPS) is 36.9. The zero-order chi connectivity index (χ0) is 8.60. The van der Waals surface area contributed by atoms with Gasteiger partial charge in [-0.25, -0.2) is 0 Å². The number of rotatable bonds is 1. The quantitative estimate of drug-likeness (QED) is 0.698. The number of nitrogens with one attached hydrogen (secondary N) is 1. The van der Waals surface area contributed by atoms with Gasteiger partial charge < -0.3 is 15.3 Å². The summed E-state index contributed by atoms with van der Waals surface area (Å²) in [6, 6.07) is 0. The third-order valence-electron chi connectivity index (χ3n) is 3.57. The Kier molecular flexibility index (Phi) is 5.70. The van der Waals surface area contributed by atoms with Gasteiger partial charge in [-0.2, -0.15) is 0 Å². The van der Waals surface area contributed by atoms with Crippen molar-refractivity contribution in [3.63, 3.8) is 0 Å². The lowest BCUT2D eigenvalue weighted by atomic mass is 9.73. The lowest BCUT2D eigenvalue weighted by Gasteiger charge is -2.41. The fourth-order valence-electron chi connectivity index (χ4n) is 2.55. The topological polar surface area (TPSA) is 35.5 Å². The van der Waals surface area contributed by atoms with Crippen molar-refractivity contribution in [1.29, 1.82) is 0 Å². The molecule has 3 nitrogen and oxygen atoms in total. The highest BCUT2D eigenvalue weighted by Gasteiger charge is 2.44. The smallest absolute Gasteiger partial charge is 0.0503 e. The molecule has 2 N–H and O–H groups in total. The molecule has 0 aromatic heterocycles. The summed E-state index contributed by atoms with van der Waals surface area (Å²) < 4.78 is 0. The van der Waals surface area contributed by atoms with E-state index in [4.69, 9.17) is 0 Å². The van der Waals surface area contributed by atoms with E-state index >= 15 is 0 Å². The minimum Gasteiger partial charge on any atom is -0.396 e. The molecule has 0 aromatic carbocycles. The molecular weight excluding hydrogens is 223 g/mol. The van der Waals surface area contributed by atoms with Crippen LogP contribution in [0.5, 0.6) is 0 Å². The summed E-state index contributed by atoms with van der Waals surface area (Å²) in [6.07, 6.45) is 1.15. The Morgan fingerprint density at radius 1 is 1.50 bits per heavy atom. The first-order chi connectivity index (χ1) is 5.77. The van der Waals surface area contributed by atoms with Gasteiger partial charge in [-0.05, 0) is 32.5 Å². The van der Waals surface area contributed by atoms with Crippen molar-refractivity contribution in [1.82, 2.24) is 10.2 Å². The predicted octanol–water partition coefficient (Wildman–Crippen LogP) is 0.364. The van der Waals surface area contributed by atoms with Gasteiger partial charge in [0.2, 0.25) is 0 Å². The van der Waals surface area contributed by atoms with Gasteiger partial charge >= 0.3 is 0 Å². The predicted molar refractivity (Wildman–Crippen MR) is 62.5 cm³/mol. The number of halogens is 2. The first kappa shape index (κ1) is 14.5. The van der Waals surface area contributed by atoms with Gasteiger partial charge in [0.25, 0.3) is 0 Å². The number of piperidine rings is 1. The Morgan fingerprint density at radius 3 is 2.86 bits per heavy atom. The second-order valence-electron chi connectivity index (χ2n) is 4.36. The van der Waals surface area contributed by atoms with Crippen molar-refractivity contribution in [2.75, 3.05) is 39.8 Å². The lowest BCUT2D eigenvalue weighted by Crippen LogP contribution is -2.47. The number of likely N-dealkylation sites (tertiary alicyclic amines) is 1. The van der Waals surface area contributed by atoms with Crippen LogP contribution in [-0.2, 0) is 0 Å². The van der Waals surface area contributed by atoms with Crippen LogP contribution in [0.2, 0.25) is 0 Å². The van der Waals surface area contributed by atoms with Crippen LogP contribution >= 0.6 is 24.8 Å². The zero-order valence-corrected chi connectivity index (χ0v) is 10.2. The van der Waals surface area contributed by atoms with E-state index in [2.05, 4.69) is 17.3 Å². The molecular formula is C9H20Cl2N2O. The van der Waals surface area contributed by atoms with Crippen LogP contribution < -0.4 is 5.32 Å². The summed E-state index contributed by atoms with van der Waals surface area (Å²) in [4.78, 5) is 2.37. The molecule has 0 aliphatic carbocycles. The Bertz CT molecular complexity index is 182. The first-order valence-corrected chi connectivity index (χ1v) is 4.77. The molecule has 5 heteroatoms. The number of aliphatic hydroxyl groups excluding tert-OH is 1. The monoisotopic (exact) mass is 242 g/mol. The van der Waals surface area contributed by atoms with Gasteiger partial charge in [0, 0.05) is 18.5 Å². The molecule has 2 fully saturated rings. The van der Waals surface area contributed by atoms with Crippen molar-refractivity contribution in [2.24, 2.45) is 11.3 Å². The number of hydrogen-bond donors (Lipinski definition) is 2. The molecule has 2 aliphatic heterocycles. The van der Waals surface area contributed by atoms with Gasteiger partial charge in [-0.3, -0.25) is 0 Å². The van der Waals surface area contributed by atoms with Crippen LogP contribution in [0.3, 0.4) is 0 Å². The van der Waals surface area contributed by atoms with Crippen molar-refractivity contribution < 1.29 is 5.11 Å². The largest absolute Gasteiger partial charge is 0.396 e. The van der Waals surface area contributed by atoms with Crippen LogP contribution in [0.15, 0.2) is 0 Å². The zero-order valence-electron chi connectivity index (χ0n) is 8.53. The summed E-state index contributed by atoms with van der Waals surface area (Å²) in [5.74, 6) is 0.668. The SMILES string of the molecule is CN1CC[C@@]2(CO)CNC[C@H]2C1.Cl.Cl. The molecule has 2 aliphatic rings. The molecule has 2 rings (SSSR count). The van der Waals surface area contributed by atoms with Gasteiger partial charge in [-0.1, -0.05) is 0 Å². The fourth-order valence-corrected chi connectivity index (χ4v) is 2.55. The van der Waals surface area contributed by atoms with Crippen LogP contribution in [0.1, 0.15) is 6.42 Å². The average molecular weight is 243 g/mol. The van der Waals surface area contributed by atoms with Crippen molar-refractivity contribution in [3.05, 3.63) is 0 Å². The molecule has 86 valence electrons. The minimum absolute atomic E-state index is 0. The molecule has 2 saturated heterocycles. The minimum atomic E-state index is 0. The van der Waals surface area contributed by atoms with Crippen LogP contribution in [0, 0.1) is 11.3 Å². The molecule has 0 unspecified atom stereocenters. The van der Waals surface area contributed by atoms with Gasteiger partial charge in [0.15, 0.2) is 0 Å². The molecule has 2 heterocycles. The first-order valence-electron chi connectivity index (χ1n) is 4.77. The maximum absolute atomic E-state index is 9.38. The molecule has 14 heavy (non-hydrogen) atoms. The van der Waals surface area contributed by atoms with E-state index in [9.17, 15) is 5.11 Å². The molecule has 0 aromatic rings. The highest BCUT2D eigenvalue weighted by Crippen LogP contribution is 2.38. The van der Waals surface area contributed by atoms with Crippen LogP contribution in [0.25, 0.3) is 0 Å². The summed E-state index contributed by atoms with van der Waals surface area (Å²) in [6.45, 7) is 4.75. The highest BCUT2D eigenvalue weighted by atomic mass is 35.5. The van der Waals surface area contributed by atoms with E-state index in [0.29, 0.717) is 12.5 Å². The second kappa shape index (κ2) is 5.52. The number of hydrogen-bond acceptors (Lipinski definition) is 3. The maximum atomic E-state index is 9.38. The standard InChI is InChI=1S/C9H18N2O.2ClH/c1-11-3-2-9(7-12)6-10-4-8(9)5-11;;/h8,10,12H,2-7H2,1H3;2*1H/t8-,9-;;/m0../s1. The Labute approximate surface area is 98.1 Å². The Hall–Kier alpha value is 0.460. The Morgan fingerprint density at radius 2 is 2.21 bits per heavy atom. The second-order valence-corrected chi connectivity index (χ2v) is 4.36. The summed E-state index contributed by atoms with van der Waals surface area (Å²) >= 11 is 0. The number of aliphatic hydroxyl groups is 1. The summed E-state index contributed by atoms with van der Waals surface area (Å²) in [7, 11) is 2.17. The van der Waals surface area contributed by atoms with Crippen molar-refractivity contribution >= 4 is 24.8 Å². The van der Waals surface area contributed by atoms with E-state index in [0.717, 1.165) is 32.6 Å². The van der Waals surface area contributed by atoms with Gasteiger partial charge in [0.05, 0.1) is 6.61 Å². The van der Waals surface area contributed by atoms with Crippen molar-refractivity contribution in [2.45, 2.75) is 6.42 Å². The molecule has 0 radical (unpaired) electrons. The summed E-state index contributed by atoms with van der Waals surface area (Å²) in [5, 5.41) is 12.8. The van der Waals surface area contributed by atoms with Crippen molar-refractivity contribution in [3.8, 4) is 0 Å². The Balaban J connectivity index is 0.000000845. The fraction of sp³-hybridized carbons (Fsp3) is 1.00. The lowest BCUT2D eigenvalue weighted by molar-refractivity contribution is 0.0301. The maximum Gasteiger partial charge on any atom is 0.0503 e. The van der Waals surface area contributed by atoms with E-state index < -0.39 is 0 Å². The molecule has 0 amide bonds. The molecule has 0 saturated carbocycles. The third kappa shape index (κ3) is 2.34. The number of fused-ring (bicyclic) bond motifs is 1. The van der Waals surface area contributed by atoms with E-state index in [1.54, 1.807) is 0 Å². The third-order valence-corrected chi connectivity index (χ3v) is 3.57. The van der Waals surface area contributed by atoms with Crippen LogP contribution in [0.4, 0.5) is 0 Å². The molecule has 0 bridgehead atoms.